The van der Waals surface area contributed by atoms with E-state index in [9.17, 15) is 4.79 Å². The van der Waals surface area contributed by atoms with Crippen LogP contribution in [-0.2, 0) is 9.53 Å². The second-order valence-corrected chi connectivity index (χ2v) is 3.14. The van der Waals surface area contributed by atoms with E-state index in [0.29, 0.717) is 17.5 Å². The highest BCUT2D eigenvalue weighted by Crippen LogP contribution is 2.01. The topological polar surface area (TPSA) is 26.3 Å². The van der Waals surface area contributed by atoms with Crippen LogP contribution in [0.25, 0.3) is 0 Å². The van der Waals surface area contributed by atoms with Gasteiger partial charge < -0.3 is 4.74 Å². The van der Waals surface area contributed by atoms with Crippen molar-refractivity contribution < 1.29 is 9.53 Å². The highest BCUT2D eigenvalue weighted by Gasteiger charge is 2.05. The highest BCUT2D eigenvalue weighted by atomic mass is 79.9. The molecule has 0 N–H and O–H groups in total. The van der Waals surface area contributed by atoms with Gasteiger partial charge in [0.1, 0.15) is 0 Å². The first-order valence-corrected chi connectivity index (χ1v) is 5.25. The van der Waals surface area contributed by atoms with Gasteiger partial charge in [0.2, 0.25) is 0 Å². The first kappa shape index (κ1) is 11.7. The molecule has 0 fully saturated rings. The molecule has 0 aromatic heterocycles. The molecule has 3 heteroatoms. The van der Waals surface area contributed by atoms with Gasteiger partial charge in [0.15, 0.2) is 0 Å². The molecular weight excluding hydrogens is 220 g/mol. The van der Waals surface area contributed by atoms with Crippen molar-refractivity contribution in [3.05, 3.63) is 12.2 Å². The summed E-state index contributed by atoms with van der Waals surface area (Å²) in [6.45, 7) is 6.17. The molecule has 0 spiro atoms. The zero-order chi connectivity index (χ0) is 9.40. The molecule has 0 saturated carbocycles. The third kappa shape index (κ3) is 5.35. The van der Waals surface area contributed by atoms with Crippen molar-refractivity contribution in [1.29, 1.82) is 0 Å². The lowest BCUT2D eigenvalue weighted by Crippen LogP contribution is -2.08. The largest absolute Gasteiger partial charge is 0.462 e. The van der Waals surface area contributed by atoms with E-state index in [2.05, 4.69) is 29.4 Å². The lowest BCUT2D eigenvalue weighted by molar-refractivity contribution is -0.138. The lowest BCUT2D eigenvalue weighted by Gasteiger charge is -2.03. The summed E-state index contributed by atoms with van der Waals surface area (Å²) in [6.07, 6.45) is 3.18. The number of hydrogen-bond acceptors (Lipinski definition) is 2. The molecule has 0 unspecified atom stereocenters. The molecule has 0 aliphatic heterocycles. The number of ether oxygens (including phenoxy) is 1. The third-order valence-electron chi connectivity index (χ3n) is 1.43. The van der Waals surface area contributed by atoms with Gasteiger partial charge in [-0.2, -0.15) is 0 Å². The van der Waals surface area contributed by atoms with Crippen LogP contribution in [0.4, 0.5) is 0 Å². The summed E-state index contributed by atoms with van der Waals surface area (Å²) >= 11 is 3.14. The van der Waals surface area contributed by atoms with E-state index in [1.54, 1.807) is 0 Å². The van der Waals surface area contributed by atoms with Gasteiger partial charge in [-0.05, 0) is 6.42 Å². The molecule has 0 heterocycles. The third-order valence-corrected chi connectivity index (χ3v) is 2.11. The molecule has 0 aromatic rings. The van der Waals surface area contributed by atoms with Gasteiger partial charge in [0.05, 0.1) is 6.61 Å². The molecule has 70 valence electrons. The van der Waals surface area contributed by atoms with Crippen LogP contribution in [-0.4, -0.2) is 17.9 Å². The Kier molecular flexibility index (Phi) is 7.16. The minimum atomic E-state index is -0.289. The summed E-state index contributed by atoms with van der Waals surface area (Å²) in [5.74, 6) is -0.289. The number of alkyl halides is 1. The molecule has 0 rings (SSSR count). The Morgan fingerprint density at radius 3 is 2.67 bits per heavy atom. The van der Waals surface area contributed by atoms with E-state index < -0.39 is 0 Å². The van der Waals surface area contributed by atoms with Gasteiger partial charge in [-0.15, -0.1) is 0 Å². The lowest BCUT2D eigenvalue weighted by atomic mass is 10.3. The van der Waals surface area contributed by atoms with Crippen LogP contribution in [0, 0.1) is 0 Å². The van der Waals surface area contributed by atoms with E-state index in [4.69, 9.17) is 4.74 Å². The van der Waals surface area contributed by atoms with Crippen LogP contribution in [0.5, 0.6) is 0 Å². The van der Waals surface area contributed by atoms with E-state index in [1.165, 1.54) is 0 Å². The van der Waals surface area contributed by atoms with Crippen molar-refractivity contribution in [2.75, 3.05) is 11.9 Å². The van der Waals surface area contributed by atoms with Gasteiger partial charge in [-0.1, -0.05) is 42.3 Å². The van der Waals surface area contributed by atoms with E-state index in [-0.39, 0.29) is 5.97 Å². The Hall–Kier alpha value is -0.310. The summed E-state index contributed by atoms with van der Waals surface area (Å²) in [5.41, 5.74) is 0.478. The maximum Gasteiger partial charge on any atom is 0.334 e. The number of carbonyl (C=O) groups is 1. The Balaban J connectivity index is 3.38. The Morgan fingerprint density at radius 2 is 2.17 bits per heavy atom. The van der Waals surface area contributed by atoms with Crippen LogP contribution in [0.3, 0.4) is 0 Å². The predicted molar refractivity (Wildman–Crippen MR) is 53.4 cm³/mol. The fraction of sp³-hybridized carbons (Fsp3) is 0.667. The fourth-order valence-electron chi connectivity index (χ4n) is 0.674. The number of unbranched alkanes of at least 4 members (excludes halogenated alkanes) is 2. The average Bonchev–Trinajstić information content (AvgIpc) is 2.10. The standard InChI is InChI=1S/C9H15BrO2/c1-3-4-5-6-12-9(11)8(2)7-10/h2-7H2,1H3. The van der Waals surface area contributed by atoms with Crippen molar-refractivity contribution in [3.63, 3.8) is 0 Å². The molecule has 0 radical (unpaired) electrons. The molecular formula is C9H15BrO2. The quantitative estimate of drug-likeness (QED) is 0.306. The minimum absolute atomic E-state index is 0.289. The van der Waals surface area contributed by atoms with Gasteiger partial charge in [0.25, 0.3) is 0 Å². The Morgan fingerprint density at radius 1 is 1.50 bits per heavy atom. The predicted octanol–water partition coefficient (Wildman–Crippen LogP) is 2.67. The Labute approximate surface area is 82.1 Å². The van der Waals surface area contributed by atoms with E-state index in [0.717, 1.165) is 19.3 Å². The molecule has 0 aliphatic carbocycles. The first-order chi connectivity index (χ1) is 5.72. The fourth-order valence-corrected chi connectivity index (χ4v) is 0.902. The second-order valence-electron chi connectivity index (χ2n) is 2.58. The normalized spacial score (nSPS) is 9.50. The van der Waals surface area contributed by atoms with Crippen molar-refractivity contribution in [1.82, 2.24) is 0 Å². The minimum Gasteiger partial charge on any atom is -0.462 e. The summed E-state index contributed by atoms with van der Waals surface area (Å²) in [5, 5.41) is 0.486. The van der Waals surface area contributed by atoms with Crippen molar-refractivity contribution in [2.45, 2.75) is 26.2 Å². The second kappa shape index (κ2) is 7.35. The monoisotopic (exact) mass is 234 g/mol. The average molecular weight is 235 g/mol. The van der Waals surface area contributed by atoms with E-state index in [1.807, 2.05) is 0 Å². The summed E-state index contributed by atoms with van der Waals surface area (Å²) in [7, 11) is 0. The van der Waals surface area contributed by atoms with Crippen molar-refractivity contribution in [2.24, 2.45) is 0 Å². The van der Waals surface area contributed by atoms with Gasteiger partial charge >= 0.3 is 5.97 Å². The number of rotatable bonds is 6. The van der Waals surface area contributed by atoms with Crippen molar-refractivity contribution in [3.8, 4) is 0 Å². The summed E-state index contributed by atoms with van der Waals surface area (Å²) < 4.78 is 4.93. The maximum atomic E-state index is 11.0. The van der Waals surface area contributed by atoms with Gasteiger partial charge in [0, 0.05) is 10.9 Å². The molecule has 12 heavy (non-hydrogen) atoms. The van der Waals surface area contributed by atoms with Crippen LogP contribution in [0.15, 0.2) is 12.2 Å². The van der Waals surface area contributed by atoms with Crippen LogP contribution < -0.4 is 0 Å². The molecule has 2 nitrogen and oxygen atoms in total. The highest BCUT2D eigenvalue weighted by molar-refractivity contribution is 9.09. The summed E-state index contributed by atoms with van der Waals surface area (Å²) in [4.78, 5) is 11.0. The number of esters is 1. The smallest absolute Gasteiger partial charge is 0.334 e. The SMILES string of the molecule is C=C(CBr)C(=O)OCCCCC. The van der Waals surface area contributed by atoms with Crippen molar-refractivity contribution >= 4 is 21.9 Å². The Bertz CT molecular complexity index is 155. The van der Waals surface area contributed by atoms with E-state index >= 15 is 0 Å². The molecule has 0 aromatic carbocycles. The van der Waals surface area contributed by atoms with Crippen LogP contribution >= 0.6 is 15.9 Å². The molecule has 0 aliphatic rings. The molecule has 0 amide bonds. The number of carbonyl (C=O) groups excluding carboxylic acids is 1. The zero-order valence-electron chi connectivity index (χ0n) is 7.44. The van der Waals surface area contributed by atoms with Crippen LogP contribution in [0.2, 0.25) is 0 Å². The summed E-state index contributed by atoms with van der Waals surface area (Å²) in [6, 6.07) is 0. The zero-order valence-corrected chi connectivity index (χ0v) is 9.02. The van der Waals surface area contributed by atoms with Gasteiger partial charge in [-0.3, -0.25) is 0 Å². The molecule has 0 atom stereocenters. The van der Waals surface area contributed by atoms with Crippen LogP contribution in [0.1, 0.15) is 26.2 Å². The maximum absolute atomic E-state index is 11.0. The molecule has 0 bridgehead atoms. The molecule has 0 saturated heterocycles. The first-order valence-electron chi connectivity index (χ1n) is 4.13. The number of halogens is 1. The van der Waals surface area contributed by atoms with Gasteiger partial charge in [-0.25, -0.2) is 4.79 Å². The number of hydrogen-bond donors (Lipinski definition) is 0.